The lowest BCUT2D eigenvalue weighted by Gasteiger charge is -2.27. The van der Waals surface area contributed by atoms with Crippen molar-refractivity contribution in [2.24, 2.45) is 22.1 Å². The molecule has 102 valence electrons. The van der Waals surface area contributed by atoms with Crippen LogP contribution in [0, 0.1) is 11.8 Å². The van der Waals surface area contributed by atoms with Crippen molar-refractivity contribution < 1.29 is 10.4 Å². The molecule has 0 radical (unpaired) electrons. The third kappa shape index (κ3) is 3.03. The Kier molecular flexibility index (Phi) is 5.02. The fraction of sp³-hybridized carbons (Fsp3) is 0.857. The van der Waals surface area contributed by atoms with Gasteiger partial charge in [-0.1, -0.05) is 48.8 Å². The summed E-state index contributed by atoms with van der Waals surface area (Å²) in [5.74, 6) is 0.577. The Balaban J connectivity index is 2.08. The summed E-state index contributed by atoms with van der Waals surface area (Å²) in [4.78, 5) is 0. The van der Waals surface area contributed by atoms with Gasteiger partial charge in [0.25, 0.3) is 0 Å². The van der Waals surface area contributed by atoms with Gasteiger partial charge < -0.3 is 10.4 Å². The normalized spacial score (nSPS) is 25.3. The highest BCUT2D eigenvalue weighted by atomic mass is 16.4. The molecule has 0 heterocycles. The molecule has 0 spiro atoms. The Morgan fingerprint density at radius 2 is 0.944 bits per heavy atom. The summed E-state index contributed by atoms with van der Waals surface area (Å²) in [7, 11) is 0. The van der Waals surface area contributed by atoms with E-state index in [-0.39, 0.29) is 11.8 Å². The Morgan fingerprint density at radius 1 is 0.611 bits per heavy atom. The van der Waals surface area contributed by atoms with Gasteiger partial charge >= 0.3 is 0 Å². The first-order valence-corrected chi connectivity index (χ1v) is 7.31. The lowest BCUT2D eigenvalue weighted by atomic mass is 9.78. The van der Waals surface area contributed by atoms with Gasteiger partial charge in [0.05, 0.1) is 0 Å². The van der Waals surface area contributed by atoms with Crippen molar-refractivity contribution in [1.29, 1.82) is 0 Å². The quantitative estimate of drug-likeness (QED) is 0.455. The highest BCUT2D eigenvalue weighted by Crippen LogP contribution is 2.30. The van der Waals surface area contributed by atoms with Crippen molar-refractivity contribution in [2.75, 3.05) is 0 Å². The van der Waals surface area contributed by atoms with E-state index >= 15 is 0 Å². The molecular formula is C14H24N2O2. The average Bonchev–Trinajstić information content (AvgIpc) is 2.46. The molecule has 0 aromatic rings. The molecule has 2 aliphatic rings. The number of rotatable bonds is 3. The third-order valence-electron chi connectivity index (χ3n) is 4.46. The number of hydrogen-bond donors (Lipinski definition) is 2. The van der Waals surface area contributed by atoms with Gasteiger partial charge in [-0.2, -0.15) is 0 Å². The van der Waals surface area contributed by atoms with Gasteiger partial charge in [0.1, 0.15) is 11.4 Å². The van der Waals surface area contributed by atoms with Crippen LogP contribution in [0.25, 0.3) is 0 Å². The maximum atomic E-state index is 9.31. The zero-order chi connectivity index (χ0) is 12.8. The van der Waals surface area contributed by atoms with Crippen LogP contribution in [0.4, 0.5) is 0 Å². The van der Waals surface area contributed by atoms with E-state index in [4.69, 9.17) is 0 Å². The monoisotopic (exact) mass is 252 g/mol. The molecule has 0 atom stereocenters. The summed E-state index contributed by atoms with van der Waals surface area (Å²) in [6, 6.07) is 0. The maximum Gasteiger partial charge on any atom is 0.108 e. The van der Waals surface area contributed by atoms with Crippen LogP contribution in [-0.4, -0.2) is 21.8 Å². The van der Waals surface area contributed by atoms with Gasteiger partial charge in [-0.3, -0.25) is 0 Å². The molecule has 4 heteroatoms. The van der Waals surface area contributed by atoms with Gasteiger partial charge in [0.15, 0.2) is 0 Å². The summed E-state index contributed by atoms with van der Waals surface area (Å²) >= 11 is 0. The molecule has 4 nitrogen and oxygen atoms in total. The molecular weight excluding hydrogens is 228 g/mol. The first-order chi connectivity index (χ1) is 8.86. The SMILES string of the molecule is O/N=C(\C(=N/O)C1CCCCC1)C1CCCCC1. The number of oxime groups is 2. The largest absolute Gasteiger partial charge is 0.411 e. The predicted molar refractivity (Wildman–Crippen MR) is 71.6 cm³/mol. The van der Waals surface area contributed by atoms with Crippen molar-refractivity contribution in [3.63, 3.8) is 0 Å². The second-order valence-corrected chi connectivity index (χ2v) is 5.64. The highest BCUT2D eigenvalue weighted by Gasteiger charge is 2.30. The van der Waals surface area contributed by atoms with E-state index < -0.39 is 0 Å². The van der Waals surface area contributed by atoms with Gasteiger partial charge in [0, 0.05) is 11.8 Å². The van der Waals surface area contributed by atoms with Crippen molar-refractivity contribution in [3.05, 3.63) is 0 Å². The molecule has 2 rings (SSSR count). The van der Waals surface area contributed by atoms with Gasteiger partial charge in [0.2, 0.25) is 0 Å². The fourth-order valence-electron chi connectivity index (χ4n) is 3.44. The van der Waals surface area contributed by atoms with E-state index in [0.29, 0.717) is 11.4 Å². The molecule has 2 fully saturated rings. The van der Waals surface area contributed by atoms with Crippen LogP contribution < -0.4 is 0 Å². The first kappa shape index (κ1) is 13.4. The van der Waals surface area contributed by atoms with Crippen molar-refractivity contribution >= 4 is 11.4 Å². The van der Waals surface area contributed by atoms with Crippen LogP contribution in [0.1, 0.15) is 64.2 Å². The van der Waals surface area contributed by atoms with Crippen LogP contribution in [-0.2, 0) is 0 Å². The molecule has 0 aliphatic heterocycles. The minimum atomic E-state index is 0.288. The highest BCUT2D eigenvalue weighted by molar-refractivity contribution is 6.43. The van der Waals surface area contributed by atoms with E-state index in [2.05, 4.69) is 10.3 Å². The lowest BCUT2D eigenvalue weighted by Crippen LogP contribution is -2.32. The molecule has 2 N–H and O–H groups in total. The third-order valence-corrected chi connectivity index (χ3v) is 4.46. The first-order valence-electron chi connectivity index (χ1n) is 7.31. The number of nitrogens with zero attached hydrogens (tertiary/aromatic N) is 2. The van der Waals surface area contributed by atoms with Crippen LogP contribution in [0.15, 0.2) is 10.3 Å². The summed E-state index contributed by atoms with van der Waals surface area (Å²) in [5.41, 5.74) is 1.31. The van der Waals surface area contributed by atoms with E-state index in [1.807, 2.05) is 0 Å². The van der Waals surface area contributed by atoms with Crippen LogP contribution in [0.3, 0.4) is 0 Å². The molecule has 18 heavy (non-hydrogen) atoms. The van der Waals surface area contributed by atoms with Crippen LogP contribution in [0.5, 0.6) is 0 Å². The summed E-state index contributed by atoms with van der Waals surface area (Å²) in [6.07, 6.45) is 11.5. The zero-order valence-corrected chi connectivity index (χ0v) is 11.0. The molecule has 0 unspecified atom stereocenters. The van der Waals surface area contributed by atoms with E-state index in [0.717, 1.165) is 25.7 Å². The second-order valence-electron chi connectivity index (χ2n) is 5.64. The predicted octanol–water partition coefficient (Wildman–Crippen LogP) is 3.81. The molecule has 0 aromatic heterocycles. The molecule has 0 amide bonds. The lowest BCUT2D eigenvalue weighted by molar-refractivity contribution is 0.301. The molecule has 0 bridgehead atoms. The van der Waals surface area contributed by atoms with Gasteiger partial charge in [-0.05, 0) is 25.7 Å². The van der Waals surface area contributed by atoms with Crippen molar-refractivity contribution in [2.45, 2.75) is 64.2 Å². The Labute approximate surface area is 109 Å². The minimum Gasteiger partial charge on any atom is -0.411 e. The molecule has 2 aliphatic carbocycles. The standard InChI is InChI=1S/C14H24N2O2/c17-15-13(11-7-3-1-4-8-11)14(16-18)12-9-5-2-6-10-12/h11-12,17-18H,1-10H2/b15-13-,16-14-. The van der Waals surface area contributed by atoms with Crippen molar-refractivity contribution in [1.82, 2.24) is 0 Å². The molecule has 0 saturated heterocycles. The maximum absolute atomic E-state index is 9.31. The van der Waals surface area contributed by atoms with E-state index in [9.17, 15) is 10.4 Å². The molecule has 0 aromatic carbocycles. The Bertz CT molecular complexity index is 282. The topological polar surface area (TPSA) is 65.2 Å². The van der Waals surface area contributed by atoms with Crippen molar-refractivity contribution in [3.8, 4) is 0 Å². The Morgan fingerprint density at radius 3 is 1.22 bits per heavy atom. The van der Waals surface area contributed by atoms with Gasteiger partial charge in [-0.15, -0.1) is 0 Å². The van der Waals surface area contributed by atoms with E-state index in [1.54, 1.807) is 0 Å². The van der Waals surface area contributed by atoms with E-state index in [1.165, 1.54) is 38.5 Å². The minimum absolute atomic E-state index is 0.288. The second kappa shape index (κ2) is 6.76. The zero-order valence-electron chi connectivity index (χ0n) is 11.0. The smallest absolute Gasteiger partial charge is 0.108 e. The Hall–Kier alpha value is -1.06. The summed E-state index contributed by atoms with van der Waals surface area (Å²) < 4.78 is 0. The summed E-state index contributed by atoms with van der Waals surface area (Å²) in [5, 5.41) is 25.6. The number of hydrogen-bond acceptors (Lipinski definition) is 4. The molecule has 2 saturated carbocycles. The van der Waals surface area contributed by atoms with Crippen LogP contribution in [0.2, 0.25) is 0 Å². The fourth-order valence-corrected chi connectivity index (χ4v) is 3.44. The van der Waals surface area contributed by atoms with Gasteiger partial charge in [-0.25, -0.2) is 0 Å². The van der Waals surface area contributed by atoms with Crippen LogP contribution >= 0.6 is 0 Å². The average molecular weight is 252 g/mol. The summed E-state index contributed by atoms with van der Waals surface area (Å²) in [6.45, 7) is 0.